The summed E-state index contributed by atoms with van der Waals surface area (Å²) in [6.07, 6.45) is 0.383. The number of alkyl halides is 1. The second kappa shape index (κ2) is 5.65. The standard InChI is InChI=1S/C12H18FNO4/c13-9-3-1-2-8(6-9)11(15)14-4-5-18-10(7-14)12(16)17/h8-10H,1-7H2,(H,16,17). The number of hydrogen-bond acceptors (Lipinski definition) is 3. The van der Waals surface area contributed by atoms with Gasteiger partial charge in [-0.1, -0.05) is 0 Å². The van der Waals surface area contributed by atoms with Crippen LogP contribution in [0.2, 0.25) is 0 Å². The quantitative estimate of drug-likeness (QED) is 0.797. The number of carbonyl (C=O) groups is 2. The van der Waals surface area contributed by atoms with Crippen molar-refractivity contribution in [2.24, 2.45) is 5.92 Å². The summed E-state index contributed by atoms with van der Waals surface area (Å²) >= 11 is 0. The van der Waals surface area contributed by atoms with Gasteiger partial charge < -0.3 is 14.7 Å². The number of morpholine rings is 1. The average Bonchev–Trinajstić information content (AvgIpc) is 2.38. The fourth-order valence-electron chi connectivity index (χ4n) is 2.61. The van der Waals surface area contributed by atoms with Gasteiger partial charge in [-0.15, -0.1) is 0 Å². The van der Waals surface area contributed by atoms with E-state index in [1.807, 2.05) is 0 Å². The lowest BCUT2D eigenvalue weighted by Gasteiger charge is -2.34. The number of rotatable bonds is 2. The molecule has 5 nitrogen and oxygen atoms in total. The highest BCUT2D eigenvalue weighted by Crippen LogP contribution is 2.28. The molecule has 2 aliphatic rings. The molecule has 0 aromatic carbocycles. The highest BCUT2D eigenvalue weighted by Gasteiger charge is 2.34. The summed E-state index contributed by atoms with van der Waals surface area (Å²) in [4.78, 5) is 24.5. The topological polar surface area (TPSA) is 66.8 Å². The SMILES string of the molecule is O=C(O)C1CN(C(=O)C2CCCC(F)C2)CCO1. The molecule has 1 amide bonds. The van der Waals surface area contributed by atoms with Crippen molar-refractivity contribution in [2.75, 3.05) is 19.7 Å². The van der Waals surface area contributed by atoms with Crippen LogP contribution in [0.15, 0.2) is 0 Å². The van der Waals surface area contributed by atoms with Crippen molar-refractivity contribution in [3.05, 3.63) is 0 Å². The molecule has 1 saturated heterocycles. The van der Waals surface area contributed by atoms with E-state index in [0.29, 0.717) is 19.4 Å². The van der Waals surface area contributed by atoms with E-state index in [1.165, 1.54) is 4.90 Å². The number of nitrogens with zero attached hydrogens (tertiary/aromatic N) is 1. The molecule has 1 aliphatic carbocycles. The summed E-state index contributed by atoms with van der Waals surface area (Å²) in [6, 6.07) is 0. The molecule has 2 fully saturated rings. The summed E-state index contributed by atoms with van der Waals surface area (Å²) in [6.45, 7) is 0.701. The van der Waals surface area contributed by atoms with Crippen molar-refractivity contribution >= 4 is 11.9 Å². The summed E-state index contributed by atoms with van der Waals surface area (Å²) in [5.74, 6) is -1.47. The summed E-state index contributed by atoms with van der Waals surface area (Å²) in [5, 5.41) is 8.87. The predicted molar refractivity (Wildman–Crippen MR) is 60.8 cm³/mol. The van der Waals surface area contributed by atoms with Crippen molar-refractivity contribution in [3.8, 4) is 0 Å². The van der Waals surface area contributed by atoms with E-state index in [0.717, 1.165) is 6.42 Å². The maximum atomic E-state index is 13.3. The number of halogens is 1. The van der Waals surface area contributed by atoms with Gasteiger partial charge in [0.2, 0.25) is 5.91 Å². The van der Waals surface area contributed by atoms with Crippen molar-refractivity contribution in [1.82, 2.24) is 4.90 Å². The van der Waals surface area contributed by atoms with Crippen LogP contribution in [0, 0.1) is 5.92 Å². The molecule has 0 radical (unpaired) electrons. The number of ether oxygens (including phenoxy) is 1. The van der Waals surface area contributed by atoms with Gasteiger partial charge >= 0.3 is 5.97 Å². The van der Waals surface area contributed by atoms with E-state index in [-0.39, 0.29) is 31.4 Å². The molecule has 0 aromatic heterocycles. The number of carboxylic acids is 1. The zero-order valence-electron chi connectivity index (χ0n) is 10.2. The van der Waals surface area contributed by atoms with Crippen molar-refractivity contribution in [2.45, 2.75) is 38.0 Å². The number of hydrogen-bond donors (Lipinski definition) is 1. The second-order valence-electron chi connectivity index (χ2n) is 4.94. The van der Waals surface area contributed by atoms with Gasteiger partial charge in [0.15, 0.2) is 6.10 Å². The van der Waals surface area contributed by atoms with Crippen LogP contribution in [0.25, 0.3) is 0 Å². The van der Waals surface area contributed by atoms with Gasteiger partial charge in [-0.25, -0.2) is 9.18 Å². The lowest BCUT2D eigenvalue weighted by atomic mass is 9.87. The monoisotopic (exact) mass is 259 g/mol. The van der Waals surface area contributed by atoms with Gasteiger partial charge in [-0.2, -0.15) is 0 Å². The summed E-state index contributed by atoms with van der Waals surface area (Å²) in [5.41, 5.74) is 0. The molecule has 2 rings (SSSR count). The van der Waals surface area contributed by atoms with Crippen molar-refractivity contribution in [1.29, 1.82) is 0 Å². The first-order chi connectivity index (χ1) is 8.58. The predicted octanol–water partition coefficient (Wildman–Crippen LogP) is 0.827. The Balaban J connectivity index is 1.93. The highest BCUT2D eigenvalue weighted by molar-refractivity contribution is 5.80. The van der Waals surface area contributed by atoms with Crippen LogP contribution in [0.4, 0.5) is 4.39 Å². The van der Waals surface area contributed by atoms with Gasteiger partial charge in [-0.05, 0) is 25.7 Å². The molecule has 6 heteroatoms. The normalized spacial score (nSPS) is 33.2. The van der Waals surface area contributed by atoms with Crippen molar-refractivity contribution in [3.63, 3.8) is 0 Å². The van der Waals surface area contributed by atoms with Crippen LogP contribution >= 0.6 is 0 Å². The van der Waals surface area contributed by atoms with Crippen LogP contribution in [0.5, 0.6) is 0 Å². The third-order valence-corrected chi connectivity index (χ3v) is 3.61. The molecule has 18 heavy (non-hydrogen) atoms. The molecular weight excluding hydrogens is 241 g/mol. The second-order valence-corrected chi connectivity index (χ2v) is 4.94. The van der Waals surface area contributed by atoms with Crippen LogP contribution < -0.4 is 0 Å². The maximum absolute atomic E-state index is 13.3. The Morgan fingerprint density at radius 2 is 2.11 bits per heavy atom. The minimum absolute atomic E-state index is 0.0711. The first kappa shape index (κ1) is 13.3. The van der Waals surface area contributed by atoms with Gasteiger partial charge in [-0.3, -0.25) is 4.79 Å². The van der Waals surface area contributed by atoms with Crippen LogP contribution in [-0.4, -0.2) is 53.9 Å². The van der Waals surface area contributed by atoms with Gasteiger partial charge in [0.1, 0.15) is 6.17 Å². The van der Waals surface area contributed by atoms with Crippen LogP contribution in [0.1, 0.15) is 25.7 Å². The van der Waals surface area contributed by atoms with E-state index >= 15 is 0 Å². The third kappa shape index (κ3) is 2.98. The van der Waals surface area contributed by atoms with Gasteiger partial charge in [0.05, 0.1) is 13.2 Å². The largest absolute Gasteiger partial charge is 0.479 e. The molecule has 0 aromatic rings. The number of carboxylic acid groups (broad SMARTS) is 1. The van der Waals surface area contributed by atoms with Crippen molar-refractivity contribution < 1.29 is 23.8 Å². The smallest absolute Gasteiger partial charge is 0.334 e. The number of aliphatic carboxylic acids is 1. The fraction of sp³-hybridized carbons (Fsp3) is 0.833. The number of amides is 1. The number of carbonyl (C=O) groups excluding carboxylic acids is 1. The third-order valence-electron chi connectivity index (χ3n) is 3.61. The molecule has 1 N–H and O–H groups in total. The Morgan fingerprint density at radius 1 is 1.33 bits per heavy atom. The Labute approximate surface area is 105 Å². The molecule has 0 bridgehead atoms. The van der Waals surface area contributed by atoms with Crippen LogP contribution in [-0.2, 0) is 14.3 Å². The van der Waals surface area contributed by atoms with Gasteiger partial charge in [0, 0.05) is 12.5 Å². The fourth-order valence-corrected chi connectivity index (χ4v) is 2.61. The molecule has 1 saturated carbocycles. The average molecular weight is 259 g/mol. The zero-order chi connectivity index (χ0) is 13.1. The molecule has 0 spiro atoms. The Bertz CT molecular complexity index is 336. The lowest BCUT2D eigenvalue weighted by molar-refractivity contribution is -0.161. The van der Waals surface area contributed by atoms with E-state index in [9.17, 15) is 14.0 Å². The molecule has 102 valence electrons. The van der Waals surface area contributed by atoms with E-state index < -0.39 is 18.2 Å². The Hall–Kier alpha value is -1.17. The van der Waals surface area contributed by atoms with E-state index in [4.69, 9.17) is 9.84 Å². The zero-order valence-corrected chi connectivity index (χ0v) is 10.2. The van der Waals surface area contributed by atoms with Gasteiger partial charge in [0.25, 0.3) is 0 Å². The van der Waals surface area contributed by atoms with E-state index in [2.05, 4.69) is 0 Å². The van der Waals surface area contributed by atoms with Crippen LogP contribution in [0.3, 0.4) is 0 Å². The van der Waals surface area contributed by atoms with E-state index in [1.54, 1.807) is 0 Å². The summed E-state index contributed by atoms with van der Waals surface area (Å²) in [7, 11) is 0. The summed E-state index contributed by atoms with van der Waals surface area (Å²) < 4.78 is 18.3. The Kier molecular flexibility index (Phi) is 4.16. The first-order valence-corrected chi connectivity index (χ1v) is 6.35. The maximum Gasteiger partial charge on any atom is 0.334 e. The minimum atomic E-state index is -1.06. The lowest BCUT2D eigenvalue weighted by Crippen LogP contribution is -2.50. The Morgan fingerprint density at radius 3 is 2.78 bits per heavy atom. The molecule has 3 atom stereocenters. The molecule has 3 unspecified atom stereocenters. The first-order valence-electron chi connectivity index (χ1n) is 6.35. The molecular formula is C12H18FNO4. The molecule has 1 aliphatic heterocycles. The minimum Gasteiger partial charge on any atom is -0.479 e. The molecule has 1 heterocycles. The highest BCUT2D eigenvalue weighted by atomic mass is 19.1.